The van der Waals surface area contributed by atoms with E-state index in [0.29, 0.717) is 0 Å². The van der Waals surface area contributed by atoms with E-state index >= 15 is 0 Å². The highest BCUT2D eigenvalue weighted by Gasteiger charge is 1.79. The van der Waals surface area contributed by atoms with Gasteiger partial charge in [-0.1, -0.05) is 19.6 Å². The SMILES string of the molecule is C=CC#N.CCC=CC(=O)O. The zero-order chi connectivity index (χ0) is 9.11. The van der Waals surface area contributed by atoms with Crippen molar-refractivity contribution in [2.75, 3.05) is 0 Å². The maximum absolute atomic E-state index is 9.67. The molecule has 0 aliphatic rings. The van der Waals surface area contributed by atoms with Gasteiger partial charge in [-0.05, 0) is 6.42 Å². The smallest absolute Gasteiger partial charge is 0.327 e. The van der Waals surface area contributed by atoms with Crippen LogP contribution in [0.5, 0.6) is 0 Å². The van der Waals surface area contributed by atoms with Gasteiger partial charge in [0.05, 0.1) is 6.07 Å². The van der Waals surface area contributed by atoms with Crippen molar-refractivity contribution in [1.29, 1.82) is 5.26 Å². The number of nitriles is 1. The Morgan fingerprint density at radius 1 is 1.82 bits per heavy atom. The third-order valence-corrected chi connectivity index (χ3v) is 0.587. The van der Waals surface area contributed by atoms with Crippen molar-refractivity contribution in [3.63, 3.8) is 0 Å². The normalized spacial score (nSPS) is 7.64. The summed E-state index contributed by atoms with van der Waals surface area (Å²) in [5, 5.41) is 15.5. The molecule has 0 saturated carbocycles. The highest BCUT2D eigenvalue weighted by molar-refractivity contribution is 5.79. The summed E-state index contributed by atoms with van der Waals surface area (Å²) < 4.78 is 0. The number of nitrogens with zero attached hydrogens (tertiary/aromatic N) is 1. The second-order valence-corrected chi connectivity index (χ2v) is 1.48. The summed E-state index contributed by atoms with van der Waals surface area (Å²) in [5.41, 5.74) is 0. The fourth-order valence-corrected chi connectivity index (χ4v) is 0.219. The minimum atomic E-state index is -0.873. The Morgan fingerprint density at radius 3 is 2.36 bits per heavy atom. The van der Waals surface area contributed by atoms with E-state index in [9.17, 15) is 4.79 Å². The van der Waals surface area contributed by atoms with E-state index in [4.69, 9.17) is 10.4 Å². The molecule has 0 saturated heterocycles. The van der Waals surface area contributed by atoms with Crippen molar-refractivity contribution >= 4 is 5.97 Å². The van der Waals surface area contributed by atoms with Gasteiger partial charge in [0.1, 0.15) is 0 Å². The van der Waals surface area contributed by atoms with Crippen molar-refractivity contribution < 1.29 is 9.90 Å². The average molecular weight is 153 g/mol. The van der Waals surface area contributed by atoms with Crippen LogP contribution in [0.3, 0.4) is 0 Å². The van der Waals surface area contributed by atoms with Crippen LogP contribution in [0.2, 0.25) is 0 Å². The molecule has 0 amide bonds. The number of rotatable bonds is 2. The van der Waals surface area contributed by atoms with Crippen molar-refractivity contribution in [2.24, 2.45) is 0 Å². The van der Waals surface area contributed by atoms with Crippen LogP contribution in [0.4, 0.5) is 0 Å². The molecule has 0 fully saturated rings. The molecule has 0 spiro atoms. The molecule has 0 aromatic heterocycles. The van der Waals surface area contributed by atoms with E-state index in [0.717, 1.165) is 12.5 Å². The summed E-state index contributed by atoms with van der Waals surface area (Å²) in [6.07, 6.45) is 4.70. The average Bonchev–Trinajstić information content (AvgIpc) is 2.01. The Balaban J connectivity index is 0. The van der Waals surface area contributed by atoms with Gasteiger partial charge in [-0.3, -0.25) is 0 Å². The van der Waals surface area contributed by atoms with E-state index < -0.39 is 5.97 Å². The van der Waals surface area contributed by atoms with Crippen LogP contribution in [0.1, 0.15) is 13.3 Å². The number of carbonyl (C=O) groups is 1. The molecule has 3 heteroatoms. The molecule has 0 rings (SSSR count). The molecule has 1 N–H and O–H groups in total. The van der Waals surface area contributed by atoms with E-state index in [1.54, 1.807) is 12.1 Å². The maximum Gasteiger partial charge on any atom is 0.327 e. The summed E-state index contributed by atoms with van der Waals surface area (Å²) in [6.45, 7) is 5.01. The van der Waals surface area contributed by atoms with Crippen LogP contribution in [0, 0.1) is 11.3 Å². The van der Waals surface area contributed by atoms with Gasteiger partial charge in [0, 0.05) is 12.2 Å². The number of allylic oxidation sites excluding steroid dienone is 2. The summed E-state index contributed by atoms with van der Waals surface area (Å²) in [6, 6.07) is 1.69. The molecule has 0 bridgehead atoms. The number of hydrogen-bond acceptors (Lipinski definition) is 2. The van der Waals surface area contributed by atoms with Crippen LogP contribution < -0.4 is 0 Å². The van der Waals surface area contributed by atoms with Crippen molar-refractivity contribution in [3.05, 3.63) is 24.8 Å². The molecule has 0 atom stereocenters. The lowest BCUT2D eigenvalue weighted by atomic mass is 10.4. The van der Waals surface area contributed by atoms with Crippen LogP contribution in [0.15, 0.2) is 24.8 Å². The van der Waals surface area contributed by atoms with Crippen molar-refractivity contribution in [2.45, 2.75) is 13.3 Å². The second kappa shape index (κ2) is 11.3. The molecule has 11 heavy (non-hydrogen) atoms. The largest absolute Gasteiger partial charge is 0.478 e. The summed E-state index contributed by atoms with van der Waals surface area (Å²) in [7, 11) is 0. The number of hydrogen-bond donors (Lipinski definition) is 1. The fraction of sp³-hybridized carbons (Fsp3) is 0.250. The van der Waals surface area contributed by atoms with Crippen molar-refractivity contribution in [1.82, 2.24) is 0 Å². The first-order chi connectivity index (χ1) is 5.18. The topological polar surface area (TPSA) is 61.1 Å². The molecule has 0 aliphatic carbocycles. The van der Waals surface area contributed by atoms with Gasteiger partial charge in [0.25, 0.3) is 0 Å². The van der Waals surface area contributed by atoms with Gasteiger partial charge < -0.3 is 5.11 Å². The Labute approximate surface area is 66.3 Å². The molecule has 0 aromatic carbocycles. The molecule has 0 aliphatic heterocycles. The van der Waals surface area contributed by atoms with Gasteiger partial charge in [-0.2, -0.15) is 5.26 Å². The monoisotopic (exact) mass is 153 g/mol. The van der Waals surface area contributed by atoms with Crippen LogP contribution in [-0.4, -0.2) is 11.1 Å². The third-order valence-electron chi connectivity index (χ3n) is 0.587. The predicted molar refractivity (Wildman–Crippen MR) is 42.9 cm³/mol. The predicted octanol–water partition coefficient (Wildman–Crippen LogP) is 1.73. The zero-order valence-electron chi connectivity index (χ0n) is 6.45. The fourth-order valence-electron chi connectivity index (χ4n) is 0.219. The highest BCUT2D eigenvalue weighted by Crippen LogP contribution is 1.76. The van der Waals surface area contributed by atoms with Crippen molar-refractivity contribution in [3.8, 4) is 6.07 Å². The highest BCUT2D eigenvalue weighted by atomic mass is 16.4. The first-order valence-electron chi connectivity index (χ1n) is 3.09. The molecule has 0 aromatic rings. The Bertz CT molecular complexity index is 177. The molecule has 0 heterocycles. The Hall–Kier alpha value is -1.56. The number of carboxylic acid groups (broad SMARTS) is 1. The molecule has 3 nitrogen and oxygen atoms in total. The van der Waals surface area contributed by atoms with E-state index in [-0.39, 0.29) is 0 Å². The van der Waals surface area contributed by atoms with Gasteiger partial charge in [-0.25, -0.2) is 4.79 Å². The van der Waals surface area contributed by atoms with Gasteiger partial charge >= 0.3 is 5.97 Å². The molecule has 60 valence electrons. The molecule has 0 unspecified atom stereocenters. The number of aliphatic carboxylic acids is 1. The van der Waals surface area contributed by atoms with E-state index in [1.165, 1.54) is 6.08 Å². The van der Waals surface area contributed by atoms with Crippen LogP contribution >= 0.6 is 0 Å². The first-order valence-corrected chi connectivity index (χ1v) is 3.09. The van der Waals surface area contributed by atoms with Gasteiger partial charge in [0.2, 0.25) is 0 Å². The maximum atomic E-state index is 9.67. The third kappa shape index (κ3) is 29.6. The lowest BCUT2D eigenvalue weighted by molar-refractivity contribution is -0.131. The summed E-state index contributed by atoms with van der Waals surface area (Å²) in [5.74, 6) is -0.873. The summed E-state index contributed by atoms with van der Waals surface area (Å²) >= 11 is 0. The number of carboxylic acids is 1. The summed E-state index contributed by atoms with van der Waals surface area (Å²) in [4.78, 5) is 9.67. The van der Waals surface area contributed by atoms with E-state index in [1.807, 2.05) is 6.92 Å². The standard InChI is InChI=1S/C5H8O2.C3H3N/c1-2-3-4-5(6)7;1-2-3-4/h3-4H,2H2,1H3,(H,6,7);2H,1H2. The van der Waals surface area contributed by atoms with Crippen LogP contribution in [-0.2, 0) is 4.79 Å². The quantitative estimate of drug-likeness (QED) is 0.485. The minimum absolute atomic E-state index is 0.784. The molecule has 0 radical (unpaired) electrons. The lowest BCUT2D eigenvalue weighted by Crippen LogP contribution is -1.84. The minimum Gasteiger partial charge on any atom is -0.478 e. The Morgan fingerprint density at radius 2 is 2.27 bits per heavy atom. The lowest BCUT2D eigenvalue weighted by Gasteiger charge is -1.73. The van der Waals surface area contributed by atoms with Crippen LogP contribution in [0.25, 0.3) is 0 Å². The van der Waals surface area contributed by atoms with Gasteiger partial charge in [-0.15, -0.1) is 0 Å². The zero-order valence-corrected chi connectivity index (χ0v) is 6.45. The van der Waals surface area contributed by atoms with E-state index in [2.05, 4.69) is 6.58 Å². The molecular weight excluding hydrogens is 142 g/mol. The Kier molecular flexibility index (Phi) is 12.4. The second-order valence-electron chi connectivity index (χ2n) is 1.48. The first kappa shape index (κ1) is 12.1. The molecular formula is C8H11NO2. The van der Waals surface area contributed by atoms with Gasteiger partial charge in [0.15, 0.2) is 0 Å².